The van der Waals surface area contributed by atoms with Crippen molar-refractivity contribution in [3.05, 3.63) is 56.9 Å². The van der Waals surface area contributed by atoms with E-state index < -0.39 is 11.9 Å². The van der Waals surface area contributed by atoms with Gasteiger partial charge >= 0.3 is 6.03 Å². The molecule has 2 heterocycles. The molecule has 1 aliphatic rings. The second-order valence-electron chi connectivity index (χ2n) is 6.04. The van der Waals surface area contributed by atoms with Crippen LogP contribution in [0.1, 0.15) is 31.2 Å². The number of urea groups is 1. The number of aryl methyl sites for hydroxylation is 1. The summed E-state index contributed by atoms with van der Waals surface area (Å²) in [5.74, 6) is 0.413. The van der Waals surface area contributed by atoms with Gasteiger partial charge < -0.3 is 15.2 Å². The van der Waals surface area contributed by atoms with Crippen LogP contribution in [0.25, 0.3) is 0 Å². The minimum absolute atomic E-state index is 0.279. The van der Waals surface area contributed by atoms with Crippen LogP contribution < -0.4 is 10.6 Å². The van der Waals surface area contributed by atoms with Crippen molar-refractivity contribution < 1.29 is 14.1 Å². The summed E-state index contributed by atoms with van der Waals surface area (Å²) in [6.07, 6.45) is 0. The molecule has 0 radical (unpaired) electrons. The third kappa shape index (κ3) is 3.65. The second kappa shape index (κ2) is 7.62. The highest BCUT2D eigenvalue weighted by Crippen LogP contribution is 2.38. The average Bonchev–Trinajstić information content (AvgIpc) is 2.99. The van der Waals surface area contributed by atoms with Crippen molar-refractivity contribution in [1.29, 1.82) is 0 Å². The van der Waals surface area contributed by atoms with Gasteiger partial charge in [-0.05, 0) is 32.9 Å². The van der Waals surface area contributed by atoms with Crippen molar-refractivity contribution in [2.75, 3.05) is 11.9 Å². The van der Waals surface area contributed by atoms with Crippen LogP contribution in [0.4, 0.5) is 10.6 Å². The van der Waals surface area contributed by atoms with Gasteiger partial charge in [-0.2, -0.15) is 0 Å². The van der Waals surface area contributed by atoms with Crippen molar-refractivity contribution in [3.63, 3.8) is 0 Å². The zero-order valence-corrected chi connectivity index (χ0v) is 16.5. The lowest BCUT2D eigenvalue weighted by molar-refractivity contribution is -0.113. The molecule has 0 bridgehead atoms. The van der Waals surface area contributed by atoms with Crippen LogP contribution in [-0.4, -0.2) is 28.5 Å². The molecule has 1 atom stereocenters. The van der Waals surface area contributed by atoms with Crippen molar-refractivity contribution in [1.82, 2.24) is 15.4 Å². The van der Waals surface area contributed by atoms with Crippen molar-refractivity contribution in [3.8, 4) is 0 Å². The zero-order chi connectivity index (χ0) is 19.7. The molecule has 142 valence electrons. The molecule has 9 heteroatoms. The lowest BCUT2D eigenvalue weighted by Crippen LogP contribution is -2.48. The number of nitrogens with one attached hydrogen (secondary N) is 2. The van der Waals surface area contributed by atoms with Gasteiger partial charge in [-0.3, -0.25) is 9.69 Å². The number of rotatable bonds is 4. The number of nitrogens with zero attached hydrogens (tertiary/aromatic N) is 2. The molecule has 1 aromatic heterocycles. The van der Waals surface area contributed by atoms with Gasteiger partial charge in [0.05, 0.1) is 11.6 Å². The van der Waals surface area contributed by atoms with Crippen LogP contribution >= 0.6 is 23.2 Å². The number of hydrogen-bond donors (Lipinski definition) is 2. The summed E-state index contributed by atoms with van der Waals surface area (Å²) < 4.78 is 4.99. The SMILES string of the molecule is CCN1C(=O)N[C@@H](c2c(Cl)cccc2Cl)C(C(=O)Nc2cc(C)on2)=C1C. The van der Waals surface area contributed by atoms with E-state index >= 15 is 0 Å². The molecule has 2 N–H and O–H groups in total. The minimum Gasteiger partial charge on any atom is -0.360 e. The maximum absolute atomic E-state index is 13.0. The Morgan fingerprint density at radius 2 is 2.00 bits per heavy atom. The highest BCUT2D eigenvalue weighted by atomic mass is 35.5. The molecule has 0 saturated carbocycles. The summed E-state index contributed by atoms with van der Waals surface area (Å²) in [4.78, 5) is 27.0. The number of amides is 3. The molecule has 0 spiro atoms. The summed E-state index contributed by atoms with van der Waals surface area (Å²) in [5, 5.41) is 10.0. The summed E-state index contributed by atoms with van der Waals surface area (Å²) in [7, 11) is 0. The third-order valence-electron chi connectivity index (χ3n) is 4.32. The lowest BCUT2D eigenvalue weighted by Gasteiger charge is -2.35. The third-order valence-corrected chi connectivity index (χ3v) is 4.97. The molecule has 0 unspecified atom stereocenters. The molecule has 3 amide bonds. The summed E-state index contributed by atoms with van der Waals surface area (Å²) >= 11 is 12.7. The van der Waals surface area contributed by atoms with Gasteiger partial charge in [-0.1, -0.05) is 34.4 Å². The van der Waals surface area contributed by atoms with E-state index in [2.05, 4.69) is 15.8 Å². The molecular formula is C18H18Cl2N4O3. The number of aromatic nitrogens is 1. The minimum atomic E-state index is -0.797. The summed E-state index contributed by atoms with van der Waals surface area (Å²) in [5.41, 5.74) is 1.30. The van der Waals surface area contributed by atoms with Crippen LogP contribution in [-0.2, 0) is 4.79 Å². The normalized spacial score (nSPS) is 17.1. The summed E-state index contributed by atoms with van der Waals surface area (Å²) in [6, 6.07) is 5.50. The second-order valence-corrected chi connectivity index (χ2v) is 6.85. The highest BCUT2D eigenvalue weighted by molar-refractivity contribution is 6.36. The first-order valence-corrected chi connectivity index (χ1v) is 9.06. The fourth-order valence-electron chi connectivity index (χ4n) is 3.07. The number of anilines is 1. The number of hydrogen-bond acceptors (Lipinski definition) is 4. The molecule has 0 saturated heterocycles. The number of halogens is 2. The fraction of sp³-hybridized carbons (Fsp3) is 0.278. The smallest absolute Gasteiger partial charge is 0.322 e. The van der Waals surface area contributed by atoms with E-state index in [4.69, 9.17) is 27.7 Å². The predicted molar refractivity (Wildman–Crippen MR) is 103 cm³/mol. The number of carbonyl (C=O) groups is 2. The van der Waals surface area contributed by atoms with Gasteiger partial charge in [0, 0.05) is 33.9 Å². The molecule has 7 nitrogen and oxygen atoms in total. The fourth-order valence-corrected chi connectivity index (χ4v) is 3.68. The topological polar surface area (TPSA) is 87.5 Å². The quantitative estimate of drug-likeness (QED) is 0.789. The first-order valence-electron chi connectivity index (χ1n) is 8.30. The lowest BCUT2D eigenvalue weighted by atomic mass is 9.94. The molecule has 3 rings (SSSR count). The number of carbonyl (C=O) groups excluding carboxylic acids is 2. The Kier molecular flexibility index (Phi) is 5.43. The molecular weight excluding hydrogens is 391 g/mol. The molecule has 27 heavy (non-hydrogen) atoms. The zero-order valence-electron chi connectivity index (χ0n) is 15.0. The maximum Gasteiger partial charge on any atom is 0.322 e. The Morgan fingerprint density at radius 3 is 2.56 bits per heavy atom. The van der Waals surface area contributed by atoms with Gasteiger partial charge in [-0.15, -0.1) is 0 Å². The Bertz CT molecular complexity index is 918. The van der Waals surface area contributed by atoms with E-state index in [1.807, 2.05) is 6.92 Å². The van der Waals surface area contributed by atoms with Gasteiger partial charge in [0.2, 0.25) is 0 Å². The van der Waals surface area contributed by atoms with Gasteiger partial charge in [0.1, 0.15) is 5.76 Å². The van der Waals surface area contributed by atoms with Crippen molar-refractivity contribution in [2.45, 2.75) is 26.8 Å². The Hall–Kier alpha value is -2.51. The standard InChI is InChI=1S/C18H18Cl2N4O3/c1-4-24-10(3)14(17(25)21-13-8-9(2)27-23-13)16(22-18(24)26)15-11(19)6-5-7-12(15)20/h5-8,16H,4H2,1-3H3,(H,22,26)(H,21,23,25)/t16-/m1/s1. The first kappa shape index (κ1) is 19.3. The van der Waals surface area contributed by atoms with E-state index in [0.717, 1.165) is 0 Å². The summed E-state index contributed by atoms with van der Waals surface area (Å²) in [6.45, 7) is 5.66. The highest BCUT2D eigenvalue weighted by Gasteiger charge is 2.37. The van der Waals surface area contributed by atoms with E-state index in [1.165, 1.54) is 4.90 Å². The largest absolute Gasteiger partial charge is 0.360 e. The molecule has 2 aromatic rings. The van der Waals surface area contributed by atoms with E-state index in [9.17, 15) is 9.59 Å². The van der Waals surface area contributed by atoms with Gasteiger partial charge in [0.25, 0.3) is 5.91 Å². The Balaban J connectivity index is 2.09. The first-order chi connectivity index (χ1) is 12.8. The van der Waals surface area contributed by atoms with Crippen molar-refractivity contribution in [2.24, 2.45) is 0 Å². The van der Waals surface area contributed by atoms with Crippen LogP contribution in [0.2, 0.25) is 10.0 Å². The Labute approximate surface area is 166 Å². The van der Waals surface area contributed by atoms with E-state index in [1.54, 1.807) is 38.1 Å². The maximum atomic E-state index is 13.0. The van der Waals surface area contributed by atoms with Crippen molar-refractivity contribution >= 4 is 41.0 Å². The van der Waals surface area contributed by atoms with Gasteiger partial charge in [-0.25, -0.2) is 4.79 Å². The van der Waals surface area contributed by atoms with Crippen LogP contribution in [0.3, 0.4) is 0 Å². The monoisotopic (exact) mass is 408 g/mol. The molecule has 0 fully saturated rings. The van der Waals surface area contributed by atoms with Gasteiger partial charge in [0.15, 0.2) is 5.82 Å². The average molecular weight is 409 g/mol. The number of allylic oxidation sites excluding steroid dienone is 1. The predicted octanol–water partition coefficient (Wildman–Crippen LogP) is 4.29. The van der Waals surface area contributed by atoms with Crippen LogP contribution in [0, 0.1) is 6.92 Å². The molecule has 0 aliphatic carbocycles. The molecule has 1 aliphatic heterocycles. The molecule has 1 aromatic carbocycles. The number of benzene rings is 1. The van der Waals surface area contributed by atoms with Crippen LogP contribution in [0.15, 0.2) is 40.1 Å². The Morgan fingerprint density at radius 1 is 1.33 bits per heavy atom. The van der Waals surface area contributed by atoms with E-state index in [0.29, 0.717) is 39.2 Å². The van der Waals surface area contributed by atoms with E-state index in [-0.39, 0.29) is 11.8 Å². The van der Waals surface area contributed by atoms with Crippen LogP contribution in [0.5, 0.6) is 0 Å².